The fourth-order valence-electron chi connectivity index (χ4n) is 1.97. The normalized spacial score (nSPS) is 25.1. The van der Waals surface area contributed by atoms with Crippen LogP contribution >= 0.6 is 0 Å². The third-order valence-corrected chi connectivity index (χ3v) is 2.89. The fourth-order valence-corrected chi connectivity index (χ4v) is 1.97. The van der Waals surface area contributed by atoms with Gasteiger partial charge in [-0.25, -0.2) is 4.98 Å². The highest BCUT2D eigenvalue weighted by molar-refractivity contribution is 5.00. The third-order valence-electron chi connectivity index (χ3n) is 2.89. The molecule has 0 saturated carbocycles. The SMILES string of the molecule is CCNCCc1ncc(C2CCC(C)O2)o1. The van der Waals surface area contributed by atoms with E-state index in [1.165, 1.54) is 0 Å². The van der Waals surface area contributed by atoms with E-state index in [-0.39, 0.29) is 6.10 Å². The van der Waals surface area contributed by atoms with Crippen LogP contribution in [0.5, 0.6) is 0 Å². The molecule has 0 aliphatic carbocycles. The molecule has 2 rings (SSSR count). The first-order chi connectivity index (χ1) is 7.79. The molecule has 1 aliphatic heterocycles. The zero-order valence-electron chi connectivity index (χ0n) is 10.0. The van der Waals surface area contributed by atoms with Crippen molar-refractivity contribution in [1.29, 1.82) is 0 Å². The predicted molar refractivity (Wildman–Crippen MR) is 61.3 cm³/mol. The maximum Gasteiger partial charge on any atom is 0.195 e. The van der Waals surface area contributed by atoms with Gasteiger partial charge in [-0.05, 0) is 26.3 Å². The van der Waals surface area contributed by atoms with E-state index in [9.17, 15) is 0 Å². The molecule has 4 nitrogen and oxygen atoms in total. The lowest BCUT2D eigenvalue weighted by atomic mass is 10.2. The van der Waals surface area contributed by atoms with Crippen LogP contribution in [-0.4, -0.2) is 24.2 Å². The Morgan fingerprint density at radius 1 is 1.50 bits per heavy atom. The van der Waals surface area contributed by atoms with Gasteiger partial charge in [0.2, 0.25) is 0 Å². The molecular formula is C12H20N2O2. The quantitative estimate of drug-likeness (QED) is 0.778. The molecule has 1 aromatic rings. The first-order valence-corrected chi connectivity index (χ1v) is 6.10. The number of nitrogens with zero attached hydrogens (tertiary/aromatic N) is 1. The van der Waals surface area contributed by atoms with Crippen LogP contribution in [0.15, 0.2) is 10.6 Å². The molecule has 1 fully saturated rings. The Kier molecular flexibility index (Phi) is 3.96. The van der Waals surface area contributed by atoms with Crippen molar-refractivity contribution in [3.05, 3.63) is 17.8 Å². The second-order valence-corrected chi connectivity index (χ2v) is 4.27. The Hall–Kier alpha value is -0.870. The average Bonchev–Trinajstić information content (AvgIpc) is 2.87. The number of hydrogen-bond donors (Lipinski definition) is 1. The molecule has 4 heteroatoms. The lowest BCUT2D eigenvalue weighted by Gasteiger charge is -2.06. The molecule has 0 bridgehead atoms. The van der Waals surface area contributed by atoms with Crippen molar-refractivity contribution in [2.45, 2.75) is 45.3 Å². The third kappa shape index (κ3) is 2.83. The summed E-state index contributed by atoms with van der Waals surface area (Å²) in [5.74, 6) is 1.69. The Morgan fingerprint density at radius 3 is 3.06 bits per heavy atom. The molecule has 1 aliphatic rings. The van der Waals surface area contributed by atoms with E-state index in [4.69, 9.17) is 9.15 Å². The molecule has 90 valence electrons. The van der Waals surface area contributed by atoms with Gasteiger partial charge in [-0.15, -0.1) is 0 Å². The van der Waals surface area contributed by atoms with Gasteiger partial charge in [0, 0.05) is 13.0 Å². The number of likely N-dealkylation sites (N-methyl/N-ethyl adjacent to an activating group) is 1. The lowest BCUT2D eigenvalue weighted by molar-refractivity contribution is 0.0417. The van der Waals surface area contributed by atoms with E-state index < -0.39 is 0 Å². The molecule has 0 aromatic carbocycles. The van der Waals surface area contributed by atoms with Gasteiger partial charge < -0.3 is 14.5 Å². The number of hydrogen-bond acceptors (Lipinski definition) is 4. The molecule has 16 heavy (non-hydrogen) atoms. The van der Waals surface area contributed by atoms with E-state index in [0.717, 1.165) is 44.0 Å². The van der Waals surface area contributed by atoms with Crippen LogP contribution in [0.3, 0.4) is 0 Å². The summed E-state index contributed by atoms with van der Waals surface area (Å²) < 4.78 is 11.4. The van der Waals surface area contributed by atoms with Crippen molar-refractivity contribution in [3.8, 4) is 0 Å². The fraction of sp³-hybridized carbons (Fsp3) is 0.750. The second kappa shape index (κ2) is 5.46. The highest BCUT2D eigenvalue weighted by Gasteiger charge is 2.26. The van der Waals surface area contributed by atoms with E-state index in [1.807, 2.05) is 6.20 Å². The highest BCUT2D eigenvalue weighted by atomic mass is 16.5. The van der Waals surface area contributed by atoms with Crippen molar-refractivity contribution >= 4 is 0 Å². The van der Waals surface area contributed by atoms with Crippen LogP contribution in [0.4, 0.5) is 0 Å². The van der Waals surface area contributed by atoms with Gasteiger partial charge in [0.1, 0.15) is 6.10 Å². The topological polar surface area (TPSA) is 47.3 Å². The van der Waals surface area contributed by atoms with E-state index >= 15 is 0 Å². The molecular weight excluding hydrogens is 204 g/mol. The molecule has 1 N–H and O–H groups in total. The van der Waals surface area contributed by atoms with Crippen LogP contribution in [0.1, 0.15) is 44.4 Å². The van der Waals surface area contributed by atoms with Crippen LogP contribution in [-0.2, 0) is 11.2 Å². The number of oxazole rings is 1. The van der Waals surface area contributed by atoms with Gasteiger partial charge >= 0.3 is 0 Å². The molecule has 1 saturated heterocycles. The van der Waals surface area contributed by atoms with E-state index in [1.54, 1.807) is 0 Å². The van der Waals surface area contributed by atoms with Crippen molar-refractivity contribution < 1.29 is 9.15 Å². The van der Waals surface area contributed by atoms with Gasteiger partial charge in [-0.2, -0.15) is 0 Å². The summed E-state index contributed by atoms with van der Waals surface area (Å²) in [7, 11) is 0. The van der Waals surface area contributed by atoms with Crippen LogP contribution in [0.25, 0.3) is 0 Å². The van der Waals surface area contributed by atoms with Crippen LogP contribution in [0.2, 0.25) is 0 Å². The number of ether oxygens (including phenoxy) is 1. The first kappa shape index (κ1) is 11.6. The van der Waals surface area contributed by atoms with Gasteiger partial charge in [-0.3, -0.25) is 0 Å². The molecule has 2 heterocycles. The minimum absolute atomic E-state index is 0.121. The smallest absolute Gasteiger partial charge is 0.195 e. The largest absolute Gasteiger partial charge is 0.443 e. The Morgan fingerprint density at radius 2 is 2.38 bits per heavy atom. The molecule has 0 radical (unpaired) electrons. The van der Waals surface area contributed by atoms with E-state index in [2.05, 4.69) is 24.1 Å². The predicted octanol–water partition coefficient (Wildman–Crippen LogP) is 2.07. The Balaban J connectivity index is 1.87. The zero-order valence-corrected chi connectivity index (χ0v) is 10.0. The summed E-state index contributed by atoms with van der Waals surface area (Å²) in [5, 5.41) is 3.25. The summed E-state index contributed by atoms with van der Waals surface area (Å²) in [4.78, 5) is 4.27. The lowest BCUT2D eigenvalue weighted by Crippen LogP contribution is -2.16. The Bertz CT molecular complexity index is 325. The minimum atomic E-state index is 0.121. The highest BCUT2D eigenvalue weighted by Crippen LogP contribution is 2.32. The molecule has 0 amide bonds. The summed E-state index contributed by atoms with van der Waals surface area (Å²) in [6, 6.07) is 0. The minimum Gasteiger partial charge on any atom is -0.443 e. The van der Waals surface area contributed by atoms with Crippen molar-refractivity contribution in [2.24, 2.45) is 0 Å². The van der Waals surface area contributed by atoms with Crippen LogP contribution in [0, 0.1) is 0 Å². The monoisotopic (exact) mass is 224 g/mol. The standard InChI is InChI=1S/C12H20N2O2/c1-3-13-7-6-12-14-8-11(16-12)10-5-4-9(2)15-10/h8-10,13H,3-7H2,1-2H3. The molecule has 2 unspecified atom stereocenters. The summed E-state index contributed by atoms with van der Waals surface area (Å²) in [6.45, 7) is 6.09. The summed E-state index contributed by atoms with van der Waals surface area (Å²) in [5.41, 5.74) is 0. The van der Waals surface area contributed by atoms with Crippen molar-refractivity contribution in [3.63, 3.8) is 0 Å². The molecule has 2 atom stereocenters. The van der Waals surface area contributed by atoms with Crippen LogP contribution < -0.4 is 5.32 Å². The summed E-state index contributed by atoms with van der Waals surface area (Å²) in [6.07, 6.45) is 5.27. The van der Waals surface area contributed by atoms with Gasteiger partial charge in [0.25, 0.3) is 0 Å². The van der Waals surface area contributed by atoms with E-state index in [0.29, 0.717) is 6.10 Å². The average molecular weight is 224 g/mol. The second-order valence-electron chi connectivity index (χ2n) is 4.27. The zero-order chi connectivity index (χ0) is 11.4. The van der Waals surface area contributed by atoms with Crippen molar-refractivity contribution in [1.82, 2.24) is 10.3 Å². The maximum absolute atomic E-state index is 5.74. The molecule has 1 aromatic heterocycles. The van der Waals surface area contributed by atoms with Gasteiger partial charge in [0.15, 0.2) is 11.7 Å². The first-order valence-electron chi connectivity index (χ1n) is 6.10. The van der Waals surface area contributed by atoms with Gasteiger partial charge in [-0.1, -0.05) is 6.92 Å². The Labute approximate surface area is 96.4 Å². The van der Waals surface area contributed by atoms with Gasteiger partial charge in [0.05, 0.1) is 12.3 Å². The number of nitrogens with one attached hydrogen (secondary N) is 1. The van der Waals surface area contributed by atoms with Crippen molar-refractivity contribution in [2.75, 3.05) is 13.1 Å². The maximum atomic E-state index is 5.74. The summed E-state index contributed by atoms with van der Waals surface area (Å²) >= 11 is 0. The molecule has 0 spiro atoms. The number of rotatable bonds is 5. The number of aromatic nitrogens is 1.